The molecule has 2 aliphatic rings. The summed E-state index contributed by atoms with van der Waals surface area (Å²) in [7, 11) is 0. The number of nitrogens with one attached hydrogen (secondary N) is 1. The van der Waals surface area contributed by atoms with Crippen LogP contribution in [0.1, 0.15) is 0 Å². The molecule has 0 bridgehead atoms. The zero-order chi connectivity index (χ0) is 23.9. The molecule has 0 atom stereocenters. The zero-order valence-electron chi connectivity index (χ0n) is 18.8. The van der Waals surface area contributed by atoms with Crippen molar-refractivity contribution in [1.29, 1.82) is 0 Å². The number of rotatable bonds is 5. The molecule has 0 aromatic heterocycles. The summed E-state index contributed by atoms with van der Waals surface area (Å²) in [4.78, 5) is 2.10. The molecule has 0 amide bonds. The lowest BCUT2D eigenvalue weighted by Gasteiger charge is -2.38. The van der Waals surface area contributed by atoms with Crippen molar-refractivity contribution < 1.29 is 9.47 Å². The summed E-state index contributed by atoms with van der Waals surface area (Å²) >= 11 is 6.67. The Bertz CT molecular complexity index is 1530. The van der Waals surface area contributed by atoms with Gasteiger partial charge in [0.2, 0.25) is 0 Å². The van der Waals surface area contributed by atoms with Crippen LogP contribution in [0.5, 0.6) is 17.2 Å². The van der Waals surface area contributed by atoms with Crippen LogP contribution in [0.15, 0.2) is 122 Å². The highest BCUT2D eigenvalue weighted by Gasteiger charge is 2.34. The summed E-state index contributed by atoms with van der Waals surface area (Å²) in [6.45, 7) is 7.93. The highest BCUT2D eigenvalue weighted by molar-refractivity contribution is 6.33. The van der Waals surface area contributed by atoms with E-state index in [1.807, 2.05) is 72.8 Å². The SMILES string of the molecule is C=CC1=C(C=C)N2c3ccccc3Oc3cc(Nc4ccc(-c5ccccc5)cc4Cl)cc(c32)O1. The summed E-state index contributed by atoms with van der Waals surface area (Å²) < 4.78 is 12.5. The van der Waals surface area contributed by atoms with Crippen LogP contribution in [0.3, 0.4) is 0 Å². The van der Waals surface area contributed by atoms with Crippen molar-refractivity contribution in [2.75, 3.05) is 10.2 Å². The van der Waals surface area contributed by atoms with E-state index >= 15 is 0 Å². The molecule has 0 unspecified atom stereocenters. The molecule has 0 saturated heterocycles. The molecule has 5 heteroatoms. The second-order valence-corrected chi connectivity index (χ2v) is 8.58. The number of anilines is 4. The summed E-state index contributed by atoms with van der Waals surface area (Å²) in [5, 5.41) is 4.04. The van der Waals surface area contributed by atoms with Crippen LogP contribution in [0.2, 0.25) is 5.02 Å². The van der Waals surface area contributed by atoms with E-state index in [2.05, 4.69) is 35.5 Å². The number of hydrogen-bond acceptors (Lipinski definition) is 4. The Morgan fingerprint density at radius 2 is 1.49 bits per heavy atom. The van der Waals surface area contributed by atoms with Crippen LogP contribution in [-0.4, -0.2) is 0 Å². The fourth-order valence-electron chi connectivity index (χ4n) is 4.45. The van der Waals surface area contributed by atoms with E-state index in [-0.39, 0.29) is 0 Å². The Morgan fingerprint density at radius 3 is 2.23 bits per heavy atom. The van der Waals surface area contributed by atoms with Crippen LogP contribution in [-0.2, 0) is 0 Å². The average molecular weight is 477 g/mol. The number of allylic oxidation sites excluding steroid dienone is 2. The van der Waals surface area contributed by atoms with Gasteiger partial charge in [0.1, 0.15) is 5.69 Å². The lowest BCUT2D eigenvalue weighted by Crippen LogP contribution is -2.26. The molecule has 0 radical (unpaired) electrons. The standard InChI is InChI=1S/C30H21ClN2O2/c1-3-24-26(4-2)34-28-17-21(18-29-30(28)33(24)25-12-8-9-13-27(25)35-29)32-23-15-14-20(16-22(23)31)19-10-6-5-7-11-19/h3-18,32H,1-2H2. The van der Waals surface area contributed by atoms with Crippen molar-refractivity contribution in [2.45, 2.75) is 0 Å². The van der Waals surface area contributed by atoms with E-state index in [9.17, 15) is 0 Å². The van der Waals surface area contributed by atoms with Gasteiger partial charge in [0.05, 0.1) is 22.1 Å². The number of halogens is 1. The molecule has 170 valence electrons. The van der Waals surface area contributed by atoms with E-state index in [1.54, 1.807) is 12.2 Å². The third-order valence-electron chi connectivity index (χ3n) is 6.04. The minimum Gasteiger partial charge on any atom is -0.453 e. The summed E-state index contributed by atoms with van der Waals surface area (Å²) in [6, 6.07) is 27.9. The minimum absolute atomic E-state index is 0.618. The smallest absolute Gasteiger partial charge is 0.157 e. The van der Waals surface area contributed by atoms with Gasteiger partial charge in [0.15, 0.2) is 23.0 Å². The predicted octanol–water partition coefficient (Wildman–Crippen LogP) is 8.97. The van der Waals surface area contributed by atoms with Gasteiger partial charge in [0.25, 0.3) is 0 Å². The van der Waals surface area contributed by atoms with Crippen LogP contribution in [0.4, 0.5) is 22.7 Å². The molecule has 4 aromatic carbocycles. The molecule has 2 heterocycles. The molecular formula is C30H21ClN2O2. The zero-order valence-corrected chi connectivity index (χ0v) is 19.5. The van der Waals surface area contributed by atoms with E-state index < -0.39 is 0 Å². The van der Waals surface area contributed by atoms with Gasteiger partial charge in [-0.3, -0.25) is 4.90 Å². The first-order valence-corrected chi connectivity index (χ1v) is 11.6. The van der Waals surface area contributed by atoms with Gasteiger partial charge in [-0.25, -0.2) is 0 Å². The first-order chi connectivity index (χ1) is 17.2. The molecule has 0 fully saturated rings. The third-order valence-corrected chi connectivity index (χ3v) is 6.35. The summed E-state index contributed by atoms with van der Waals surface area (Å²) in [6.07, 6.45) is 3.46. The van der Waals surface area contributed by atoms with Gasteiger partial charge in [-0.2, -0.15) is 0 Å². The van der Waals surface area contributed by atoms with Crippen LogP contribution >= 0.6 is 11.6 Å². The van der Waals surface area contributed by atoms with Crippen molar-refractivity contribution in [1.82, 2.24) is 0 Å². The fourth-order valence-corrected chi connectivity index (χ4v) is 4.68. The van der Waals surface area contributed by atoms with E-state index in [4.69, 9.17) is 21.1 Å². The van der Waals surface area contributed by atoms with Crippen molar-refractivity contribution in [3.05, 3.63) is 127 Å². The molecule has 35 heavy (non-hydrogen) atoms. The maximum atomic E-state index is 6.67. The number of para-hydroxylation sites is 2. The Morgan fingerprint density at radius 1 is 0.743 bits per heavy atom. The van der Waals surface area contributed by atoms with Gasteiger partial charge in [-0.1, -0.05) is 73.3 Å². The van der Waals surface area contributed by atoms with Gasteiger partial charge in [-0.15, -0.1) is 0 Å². The van der Waals surface area contributed by atoms with Gasteiger partial charge in [0, 0.05) is 17.8 Å². The molecule has 2 aliphatic heterocycles. The number of ether oxygens (including phenoxy) is 2. The monoisotopic (exact) mass is 476 g/mol. The average Bonchev–Trinajstić information content (AvgIpc) is 2.89. The topological polar surface area (TPSA) is 33.7 Å². The Labute approximate surface area is 209 Å². The predicted molar refractivity (Wildman–Crippen MR) is 143 cm³/mol. The molecule has 0 saturated carbocycles. The molecule has 0 spiro atoms. The number of nitrogens with zero attached hydrogens (tertiary/aromatic N) is 1. The normalized spacial score (nSPS) is 13.2. The van der Waals surface area contributed by atoms with Crippen LogP contribution < -0.4 is 19.7 Å². The minimum atomic E-state index is 0.618. The molecule has 1 N–H and O–H groups in total. The van der Waals surface area contributed by atoms with Gasteiger partial charge < -0.3 is 14.8 Å². The first kappa shape index (κ1) is 21.1. The summed E-state index contributed by atoms with van der Waals surface area (Å²) in [5.74, 6) is 2.69. The molecule has 0 aliphatic carbocycles. The van der Waals surface area contributed by atoms with Gasteiger partial charge >= 0.3 is 0 Å². The number of hydrogen-bond donors (Lipinski definition) is 1. The number of benzene rings is 4. The van der Waals surface area contributed by atoms with Gasteiger partial charge in [-0.05, 0) is 47.5 Å². The van der Waals surface area contributed by atoms with Crippen molar-refractivity contribution in [3.8, 4) is 28.4 Å². The summed E-state index contributed by atoms with van der Waals surface area (Å²) in [5.41, 5.74) is 6.29. The lowest BCUT2D eigenvalue weighted by molar-refractivity contribution is 0.415. The van der Waals surface area contributed by atoms with E-state index in [0.29, 0.717) is 22.3 Å². The first-order valence-electron chi connectivity index (χ1n) is 11.2. The second kappa shape index (κ2) is 8.42. The lowest BCUT2D eigenvalue weighted by atomic mass is 10.1. The van der Waals surface area contributed by atoms with E-state index in [0.717, 1.165) is 45.3 Å². The van der Waals surface area contributed by atoms with Crippen LogP contribution in [0, 0.1) is 0 Å². The van der Waals surface area contributed by atoms with Crippen molar-refractivity contribution >= 4 is 34.4 Å². The highest BCUT2D eigenvalue weighted by atomic mass is 35.5. The van der Waals surface area contributed by atoms with Crippen LogP contribution in [0.25, 0.3) is 11.1 Å². The Kier molecular flexibility index (Phi) is 5.09. The molecule has 4 aromatic rings. The molecular weight excluding hydrogens is 456 g/mol. The number of fused-ring (bicyclic) bond motifs is 2. The quantitative estimate of drug-likeness (QED) is 0.311. The Balaban J connectivity index is 1.41. The highest BCUT2D eigenvalue weighted by Crippen LogP contribution is 2.56. The molecule has 6 rings (SSSR count). The Hall–Kier alpha value is -4.41. The van der Waals surface area contributed by atoms with Crippen molar-refractivity contribution in [3.63, 3.8) is 0 Å². The third kappa shape index (κ3) is 3.56. The van der Waals surface area contributed by atoms with Crippen molar-refractivity contribution in [2.24, 2.45) is 0 Å². The molecule has 4 nitrogen and oxygen atoms in total. The second-order valence-electron chi connectivity index (χ2n) is 8.17. The van der Waals surface area contributed by atoms with E-state index in [1.165, 1.54) is 0 Å². The largest absolute Gasteiger partial charge is 0.453 e. The maximum Gasteiger partial charge on any atom is 0.157 e. The maximum absolute atomic E-state index is 6.67. The fraction of sp³-hybridized carbons (Fsp3) is 0.